The SMILES string of the molecule is C/C(=C\CCP(=O)(O)OCc1ccc(NC(=O)[C@H](C)NC(=O)[C@@H](NC(=O)CCCCCN2C(=O)C=CC2=O)C(C)C)cc1)CO. The summed E-state index contributed by atoms with van der Waals surface area (Å²) < 4.78 is 17.4. The van der Waals surface area contributed by atoms with Gasteiger partial charge in [0, 0.05) is 30.8 Å². The number of nitrogens with zero attached hydrogens (tertiary/aromatic N) is 1. The van der Waals surface area contributed by atoms with Crippen LogP contribution in [0.25, 0.3) is 0 Å². The molecule has 248 valence electrons. The van der Waals surface area contributed by atoms with Gasteiger partial charge in [0.25, 0.3) is 11.8 Å². The molecule has 0 saturated carbocycles. The minimum atomic E-state index is -3.81. The van der Waals surface area contributed by atoms with Crippen LogP contribution in [0.3, 0.4) is 0 Å². The summed E-state index contributed by atoms with van der Waals surface area (Å²) in [4.78, 5) is 72.5. The molecule has 1 aromatic carbocycles. The molecule has 13 nitrogen and oxygen atoms in total. The van der Waals surface area contributed by atoms with Crippen LogP contribution in [0, 0.1) is 5.92 Å². The third-order valence-electron chi connectivity index (χ3n) is 7.01. The Hall–Kier alpha value is -3.64. The summed E-state index contributed by atoms with van der Waals surface area (Å²) in [5.74, 6) is -2.20. The van der Waals surface area contributed by atoms with Gasteiger partial charge in [0.05, 0.1) is 19.4 Å². The Bertz CT molecular complexity index is 1290. The molecule has 0 aromatic heterocycles. The van der Waals surface area contributed by atoms with Crippen LogP contribution in [0.5, 0.6) is 0 Å². The van der Waals surface area contributed by atoms with Crippen LogP contribution in [0.1, 0.15) is 65.4 Å². The van der Waals surface area contributed by atoms with E-state index < -0.39 is 31.5 Å². The Labute approximate surface area is 264 Å². The number of rotatable bonds is 19. The Kier molecular flexibility index (Phi) is 15.3. The molecule has 0 spiro atoms. The second-order valence-corrected chi connectivity index (χ2v) is 13.3. The maximum atomic E-state index is 12.9. The summed E-state index contributed by atoms with van der Waals surface area (Å²) in [6, 6.07) is 4.73. The summed E-state index contributed by atoms with van der Waals surface area (Å²) in [5.41, 5.74) is 1.78. The Morgan fingerprint density at radius 2 is 1.62 bits per heavy atom. The fraction of sp³-hybridized carbons (Fsp3) is 0.516. The molecule has 0 saturated heterocycles. The number of aliphatic hydroxyl groups excluding tert-OH is 1. The number of carbonyl (C=O) groups is 5. The topological polar surface area (TPSA) is 191 Å². The van der Waals surface area contributed by atoms with Gasteiger partial charge in [-0.15, -0.1) is 0 Å². The van der Waals surface area contributed by atoms with Crippen LogP contribution in [-0.4, -0.2) is 75.8 Å². The number of carbonyl (C=O) groups excluding carboxylic acids is 5. The van der Waals surface area contributed by atoms with Gasteiger partial charge in [0.1, 0.15) is 12.1 Å². The molecule has 3 atom stereocenters. The van der Waals surface area contributed by atoms with Crippen molar-refractivity contribution in [3.05, 3.63) is 53.6 Å². The van der Waals surface area contributed by atoms with Gasteiger partial charge in [0.2, 0.25) is 17.7 Å². The lowest BCUT2D eigenvalue weighted by Gasteiger charge is -2.24. The lowest BCUT2D eigenvalue weighted by atomic mass is 10.0. The van der Waals surface area contributed by atoms with Crippen molar-refractivity contribution in [3.8, 4) is 0 Å². The van der Waals surface area contributed by atoms with E-state index in [0.29, 0.717) is 49.1 Å². The van der Waals surface area contributed by atoms with Crippen molar-refractivity contribution >= 4 is 42.8 Å². The smallest absolute Gasteiger partial charge is 0.328 e. The number of amides is 5. The molecule has 1 aliphatic heterocycles. The Morgan fingerprint density at radius 1 is 0.978 bits per heavy atom. The largest absolute Gasteiger partial charge is 0.392 e. The summed E-state index contributed by atoms with van der Waals surface area (Å²) in [7, 11) is -3.81. The van der Waals surface area contributed by atoms with Crippen LogP contribution in [0.15, 0.2) is 48.1 Å². The summed E-state index contributed by atoms with van der Waals surface area (Å²) in [6.07, 6.45) is 6.26. The molecular weight excluding hydrogens is 603 g/mol. The number of aliphatic hydroxyl groups is 1. The zero-order valence-corrected chi connectivity index (χ0v) is 27.2. The molecule has 1 unspecified atom stereocenters. The predicted molar refractivity (Wildman–Crippen MR) is 169 cm³/mol. The molecule has 1 aromatic rings. The molecule has 0 bridgehead atoms. The normalized spacial score (nSPS) is 16.0. The first-order valence-electron chi connectivity index (χ1n) is 15.0. The highest BCUT2D eigenvalue weighted by Gasteiger charge is 2.27. The van der Waals surface area contributed by atoms with Crippen LogP contribution < -0.4 is 16.0 Å². The number of allylic oxidation sites excluding steroid dienone is 1. The van der Waals surface area contributed by atoms with E-state index >= 15 is 0 Å². The predicted octanol–water partition coefficient (Wildman–Crippen LogP) is 2.79. The molecule has 14 heteroatoms. The van der Waals surface area contributed by atoms with E-state index in [9.17, 15) is 33.4 Å². The van der Waals surface area contributed by atoms with Crippen molar-refractivity contribution in [2.45, 2.75) is 78.5 Å². The fourth-order valence-electron chi connectivity index (χ4n) is 4.25. The molecule has 0 radical (unpaired) electrons. The lowest BCUT2D eigenvalue weighted by Crippen LogP contribution is -2.53. The molecule has 0 fully saturated rings. The van der Waals surface area contributed by atoms with Gasteiger partial charge in [-0.25, -0.2) is 0 Å². The van der Waals surface area contributed by atoms with E-state index in [0.717, 1.165) is 4.90 Å². The van der Waals surface area contributed by atoms with Crippen LogP contribution >= 0.6 is 7.60 Å². The minimum absolute atomic E-state index is 0.0746. The lowest BCUT2D eigenvalue weighted by molar-refractivity contribution is -0.137. The monoisotopic (exact) mass is 648 g/mol. The maximum Gasteiger partial charge on any atom is 0.328 e. The standard InChI is InChI=1S/C31H45N4O9P/c1-21(2)29(34-26(37)10-6-5-7-17-35-27(38)15-16-28(35)39)31(41)32-23(4)30(40)33-25-13-11-24(12-14-25)20-44-45(42,43)18-8-9-22(3)19-36/h9,11-16,21,23,29,36H,5-8,10,17-20H2,1-4H3,(H,32,41)(H,33,40)(H,34,37)(H,42,43)/b22-9+/t23-,29-/m0/s1. The summed E-state index contributed by atoms with van der Waals surface area (Å²) in [5, 5.41) is 17.1. The van der Waals surface area contributed by atoms with E-state index in [2.05, 4.69) is 16.0 Å². The maximum absolute atomic E-state index is 12.9. The van der Waals surface area contributed by atoms with Gasteiger partial charge in [-0.2, -0.15) is 0 Å². The van der Waals surface area contributed by atoms with Gasteiger partial charge in [-0.05, 0) is 56.7 Å². The van der Waals surface area contributed by atoms with Gasteiger partial charge in [-0.3, -0.25) is 33.4 Å². The third-order valence-corrected chi connectivity index (χ3v) is 8.37. The van der Waals surface area contributed by atoms with Crippen LogP contribution in [-0.2, 0) is 39.7 Å². The molecule has 5 amide bonds. The zero-order chi connectivity index (χ0) is 33.6. The highest BCUT2D eigenvalue weighted by molar-refractivity contribution is 7.52. The van der Waals surface area contributed by atoms with Crippen LogP contribution in [0.4, 0.5) is 5.69 Å². The Morgan fingerprint density at radius 3 is 2.22 bits per heavy atom. The van der Waals surface area contributed by atoms with E-state index in [1.54, 1.807) is 51.1 Å². The van der Waals surface area contributed by atoms with Crippen molar-refractivity contribution < 1.29 is 43.1 Å². The van der Waals surface area contributed by atoms with Crippen molar-refractivity contribution in [1.82, 2.24) is 15.5 Å². The highest BCUT2D eigenvalue weighted by atomic mass is 31.2. The first kappa shape index (κ1) is 37.5. The summed E-state index contributed by atoms with van der Waals surface area (Å²) >= 11 is 0. The summed E-state index contributed by atoms with van der Waals surface area (Å²) in [6.45, 7) is 6.89. The van der Waals surface area contributed by atoms with Gasteiger partial charge in [-0.1, -0.05) is 44.1 Å². The second-order valence-electron chi connectivity index (χ2n) is 11.3. The number of anilines is 1. The molecule has 1 aliphatic rings. The first-order valence-corrected chi connectivity index (χ1v) is 16.7. The number of nitrogens with one attached hydrogen (secondary N) is 3. The van der Waals surface area contributed by atoms with Crippen LogP contribution in [0.2, 0.25) is 0 Å². The van der Waals surface area contributed by atoms with E-state index in [4.69, 9.17) is 9.63 Å². The molecule has 45 heavy (non-hydrogen) atoms. The van der Waals surface area contributed by atoms with E-state index in [-0.39, 0.29) is 49.4 Å². The van der Waals surface area contributed by atoms with E-state index in [1.165, 1.54) is 19.1 Å². The quantitative estimate of drug-likeness (QED) is 0.0650. The number of unbranched alkanes of at least 4 members (excludes halogenated alkanes) is 2. The number of hydrogen-bond donors (Lipinski definition) is 5. The van der Waals surface area contributed by atoms with Crippen molar-refractivity contribution in [2.75, 3.05) is 24.6 Å². The molecule has 1 heterocycles. The number of benzene rings is 1. The number of imide groups is 1. The fourth-order valence-corrected chi connectivity index (χ4v) is 5.18. The first-order chi connectivity index (χ1) is 21.2. The van der Waals surface area contributed by atoms with Gasteiger partial charge >= 0.3 is 7.60 Å². The van der Waals surface area contributed by atoms with Gasteiger partial charge < -0.3 is 30.5 Å². The highest BCUT2D eigenvalue weighted by Crippen LogP contribution is 2.43. The molecule has 2 rings (SSSR count). The Balaban J connectivity index is 1.76. The van der Waals surface area contributed by atoms with E-state index in [1.807, 2.05) is 0 Å². The molecule has 5 N–H and O–H groups in total. The van der Waals surface area contributed by atoms with Crippen molar-refractivity contribution in [3.63, 3.8) is 0 Å². The molecule has 0 aliphatic carbocycles. The average Bonchev–Trinajstić information content (AvgIpc) is 3.31. The third kappa shape index (κ3) is 13.5. The second kappa shape index (κ2) is 18.4. The molecular formula is C31H45N4O9P. The zero-order valence-electron chi connectivity index (χ0n) is 26.3. The van der Waals surface area contributed by atoms with Crippen molar-refractivity contribution in [2.24, 2.45) is 5.92 Å². The van der Waals surface area contributed by atoms with Gasteiger partial charge in [0.15, 0.2) is 0 Å². The average molecular weight is 649 g/mol. The minimum Gasteiger partial charge on any atom is -0.392 e. The van der Waals surface area contributed by atoms with Crippen molar-refractivity contribution in [1.29, 1.82) is 0 Å². The number of hydrogen-bond acceptors (Lipinski definition) is 8.